The maximum absolute atomic E-state index is 15.1. The van der Waals surface area contributed by atoms with Crippen molar-refractivity contribution in [2.75, 3.05) is 7.11 Å². The smallest absolute Gasteiger partial charge is 0.420 e. The average molecular weight is 504 g/mol. The van der Waals surface area contributed by atoms with Crippen LogP contribution in [0.15, 0.2) is 53.3 Å². The first-order chi connectivity index (χ1) is 17.1. The molecule has 0 saturated carbocycles. The SMILES string of the molecule is COc1ccc(CC(=O)O)c(OCc2cc(-c3ccnc(CN)c3F)c3occ(C(F)(F)F)c3c2)c1. The monoisotopic (exact) mass is 504 g/mol. The number of nitrogens with two attached hydrogens (primary N) is 1. The zero-order valence-corrected chi connectivity index (χ0v) is 18.9. The summed E-state index contributed by atoms with van der Waals surface area (Å²) < 4.78 is 72.2. The maximum Gasteiger partial charge on any atom is 0.420 e. The van der Waals surface area contributed by atoms with Gasteiger partial charge in [0.15, 0.2) is 5.82 Å². The Kier molecular flexibility index (Phi) is 6.84. The molecule has 3 N–H and O–H groups in total. The van der Waals surface area contributed by atoms with Crippen molar-refractivity contribution in [3.8, 4) is 22.6 Å². The second-order valence-electron chi connectivity index (χ2n) is 7.82. The van der Waals surface area contributed by atoms with E-state index >= 15 is 4.39 Å². The van der Waals surface area contributed by atoms with Crippen LogP contribution in [0.5, 0.6) is 11.5 Å². The van der Waals surface area contributed by atoms with Crippen LogP contribution in [0.3, 0.4) is 0 Å². The summed E-state index contributed by atoms with van der Waals surface area (Å²) in [5.41, 5.74) is 4.93. The fraction of sp³-hybridized carbons (Fsp3) is 0.200. The van der Waals surface area contributed by atoms with E-state index in [-0.39, 0.29) is 58.7 Å². The summed E-state index contributed by atoms with van der Waals surface area (Å²) in [6.45, 7) is -0.457. The average Bonchev–Trinajstić information content (AvgIpc) is 3.27. The van der Waals surface area contributed by atoms with Gasteiger partial charge in [0.05, 0.1) is 19.2 Å². The van der Waals surface area contributed by atoms with Crippen molar-refractivity contribution in [2.45, 2.75) is 25.7 Å². The molecule has 0 unspecified atom stereocenters. The second-order valence-corrected chi connectivity index (χ2v) is 7.82. The minimum atomic E-state index is -4.72. The van der Waals surface area contributed by atoms with Crippen LogP contribution in [-0.4, -0.2) is 23.2 Å². The van der Waals surface area contributed by atoms with E-state index in [1.807, 2.05) is 0 Å². The number of ether oxygens (including phenoxy) is 2. The lowest BCUT2D eigenvalue weighted by Gasteiger charge is -2.14. The highest BCUT2D eigenvalue weighted by Crippen LogP contribution is 2.41. The van der Waals surface area contributed by atoms with Crippen LogP contribution < -0.4 is 15.2 Å². The van der Waals surface area contributed by atoms with Gasteiger partial charge in [-0.1, -0.05) is 6.07 Å². The maximum atomic E-state index is 15.1. The number of carboxylic acids is 1. The highest BCUT2D eigenvalue weighted by atomic mass is 19.4. The van der Waals surface area contributed by atoms with Gasteiger partial charge in [0.1, 0.15) is 35.5 Å². The summed E-state index contributed by atoms with van der Waals surface area (Å²) in [6, 6.07) is 8.57. The molecule has 0 aliphatic rings. The molecule has 0 aliphatic carbocycles. The van der Waals surface area contributed by atoms with Crippen molar-refractivity contribution in [2.24, 2.45) is 5.73 Å². The van der Waals surface area contributed by atoms with Gasteiger partial charge in [0.25, 0.3) is 0 Å². The van der Waals surface area contributed by atoms with Crippen LogP contribution in [0.1, 0.15) is 22.4 Å². The van der Waals surface area contributed by atoms with Gasteiger partial charge in [0.2, 0.25) is 0 Å². The van der Waals surface area contributed by atoms with Gasteiger partial charge in [0, 0.05) is 40.9 Å². The van der Waals surface area contributed by atoms with Crippen molar-refractivity contribution >= 4 is 16.9 Å². The fourth-order valence-corrected chi connectivity index (χ4v) is 3.80. The molecule has 0 spiro atoms. The molecule has 2 aromatic heterocycles. The topological polar surface area (TPSA) is 108 Å². The Labute approximate surface area is 202 Å². The van der Waals surface area contributed by atoms with Gasteiger partial charge in [-0.05, 0) is 29.8 Å². The number of furan rings is 1. The Hall–Kier alpha value is -4.12. The molecule has 0 amide bonds. The number of alkyl halides is 3. The normalized spacial score (nSPS) is 11.6. The van der Waals surface area contributed by atoms with Crippen LogP contribution in [0.25, 0.3) is 22.1 Å². The van der Waals surface area contributed by atoms with Gasteiger partial charge >= 0.3 is 12.1 Å². The third-order valence-corrected chi connectivity index (χ3v) is 5.49. The summed E-state index contributed by atoms with van der Waals surface area (Å²) in [7, 11) is 1.42. The molecule has 0 fully saturated rings. The number of rotatable bonds is 8. The van der Waals surface area contributed by atoms with Crippen LogP contribution in [0.2, 0.25) is 0 Å². The minimum Gasteiger partial charge on any atom is -0.497 e. The Morgan fingerprint density at radius 3 is 2.61 bits per heavy atom. The number of hydrogen-bond acceptors (Lipinski definition) is 6. The Morgan fingerprint density at radius 1 is 1.17 bits per heavy atom. The summed E-state index contributed by atoms with van der Waals surface area (Å²) >= 11 is 0. The first-order valence-electron chi connectivity index (χ1n) is 10.6. The van der Waals surface area contributed by atoms with Gasteiger partial charge in [-0.3, -0.25) is 9.78 Å². The van der Waals surface area contributed by atoms with Crippen LogP contribution in [0.4, 0.5) is 17.6 Å². The number of methoxy groups -OCH3 is 1. The number of aromatic nitrogens is 1. The number of fused-ring (bicyclic) bond motifs is 1. The Morgan fingerprint density at radius 2 is 1.94 bits per heavy atom. The van der Waals surface area contributed by atoms with Gasteiger partial charge in [-0.2, -0.15) is 13.2 Å². The molecule has 0 atom stereocenters. The molecule has 0 saturated heterocycles. The van der Waals surface area contributed by atoms with Crippen LogP contribution >= 0.6 is 0 Å². The predicted molar refractivity (Wildman–Crippen MR) is 121 cm³/mol. The fourth-order valence-electron chi connectivity index (χ4n) is 3.80. The van der Waals surface area contributed by atoms with Crippen LogP contribution in [0, 0.1) is 5.82 Å². The number of carbonyl (C=O) groups is 1. The third kappa shape index (κ3) is 4.96. The molecular formula is C25H20F4N2O5. The lowest BCUT2D eigenvalue weighted by molar-refractivity contribution is -0.137. The number of benzene rings is 2. The molecule has 11 heteroatoms. The molecular weight excluding hydrogens is 484 g/mol. The number of carboxylic acid groups (broad SMARTS) is 1. The zero-order chi connectivity index (χ0) is 26.0. The van der Waals surface area contributed by atoms with E-state index < -0.39 is 23.5 Å². The van der Waals surface area contributed by atoms with Crippen molar-refractivity contribution in [1.29, 1.82) is 0 Å². The molecule has 0 radical (unpaired) electrons. The van der Waals surface area contributed by atoms with Crippen molar-refractivity contribution in [3.05, 3.63) is 77.1 Å². The van der Waals surface area contributed by atoms with E-state index in [2.05, 4.69) is 4.98 Å². The summed E-state index contributed by atoms with van der Waals surface area (Å²) in [4.78, 5) is 15.1. The van der Waals surface area contributed by atoms with Crippen molar-refractivity contribution < 1.29 is 41.4 Å². The largest absolute Gasteiger partial charge is 0.497 e. The summed E-state index contributed by atoms with van der Waals surface area (Å²) in [6.07, 6.45) is -3.18. The minimum absolute atomic E-state index is 0.0340. The van der Waals surface area contributed by atoms with E-state index in [1.165, 1.54) is 43.6 Å². The molecule has 0 aliphatic heterocycles. The predicted octanol–water partition coefficient (Wildman–Crippen LogP) is 5.33. The lowest BCUT2D eigenvalue weighted by atomic mass is 9.98. The van der Waals surface area contributed by atoms with E-state index in [0.29, 0.717) is 17.6 Å². The highest BCUT2D eigenvalue weighted by Gasteiger charge is 2.35. The second kappa shape index (κ2) is 9.86. The zero-order valence-electron chi connectivity index (χ0n) is 18.9. The number of aliphatic carboxylic acids is 1. The molecule has 4 aromatic rings. The van der Waals surface area contributed by atoms with Gasteiger partial charge in [-0.25, -0.2) is 4.39 Å². The van der Waals surface area contributed by atoms with Crippen molar-refractivity contribution in [3.63, 3.8) is 0 Å². The van der Waals surface area contributed by atoms with Crippen molar-refractivity contribution in [1.82, 2.24) is 4.98 Å². The number of nitrogens with zero attached hydrogens (tertiary/aromatic N) is 1. The van der Waals surface area contributed by atoms with E-state index in [0.717, 1.165) is 0 Å². The molecule has 0 bridgehead atoms. The quantitative estimate of drug-likeness (QED) is 0.313. The number of hydrogen-bond donors (Lipinski definition) is 2. The standard InChI is InChI=1S/C25H20F4N2O5/c1-34-15-3-2-14(8-22(32)33)21(9-15)35-11-13-6-17(16-4-5-31-20(10-30)23(16)26)24-18(7-13)19(12-36-24)25(27,28)29/h2-7,9,12H,8,10-11,30H2,1H3,(H,32,33). The molecule has 4 rings (SSSR count). The lowest BCUT2D eigenvalue weighted by Crippen LogP contribution is -2.06. The Bertz CT molecular complexity index is 1430. The molecule has 2 aromatic carbocycles. The highest BCUT2D eigenvalue weighted by molar-refractivity contribution is 5.95. The third-order valence-electron chi connectivity index (χ3n) is 5.49. The molecule has 36 heavy (non-hydrogen) atoms. The first-order valence-corrected chi connectivity index (χ1v) is 10.6. The molecule has 188 valence electrons. The first kappa shape index (κ1) is 25.0. The summed E-state index contributed by atoms with van der Waals surface area (Å²) in [5.74, 6) is -1.29. The molecule has 7 nitrogen and oxygen atoms in total. The number of halogens is 4. The molecule has 2 heterocycles. The van der Waals surface area contributed by atoms with Gasteiger partial charge < -0.3 is 24.7 Å². The number of pyridine rings is 1. The Balaban J connectivity index is 1.82. The van der Waals surface area contributed by atoms with E-state index in [1.54, 1.807) is 6.07 Å². The summed E-state index contributed by atoms with van der Waals surface area (Å²) in [5, 5.41) is 8.91. The van der Waals surface area contributed by atoms with Crippen LogP contribution in [-0.2, 0) is 30.5 Å². The van der Waals surface area contributed by atoms with E-state index in [4.69, 9.17) is 19.6 Å². The van der Waals surface area contributed by atoms with E-state index in [9.17, 15) is 23.1 Å². The van der Waals surface area contributed by atoms with Gasteiger partial charge in [-0.15, -0.1) is 0 Å².